The number of hydrogen-bond acceptors (Lipinski definition) is 3. The van der Waals surface area contributed by atoms with E-state index >= 15 is 0 Å². The second-order valence-electron chi connectivity index (χ2n) is 5.29. The molecule has 1 heterocycles. The smallest absolute Gasteiger partial charge is 0.191 e. The van der Waals surface area contributed by atoms with Gasteiger partial charge in [-0.15, -0.1) is 34.2 Å². The van der Waals surface area contributed by atoms with Gasteiger partial charge in [0.1, 0.15) is 12.7 Å². The van der Waals surface area contributed by atoms with Crippen LogP contribution in [0.25, 0.3) is 0 Å². The molecule has 1 aromatic rings. The molecule has 0 spiro atoms. The molecule has 21 heavy (non-hydrogen) atoms. The summed E-state index contributed by atoms with van der Waals surface area (Å²) in [6.07, 6.45) is 10.9. The van der Waals surface area contributed by atoms with Gasteiger partial charge in [-0.1, -0.05) is 12.8 Å². The predicted octanol–water partition coefficient (Wildman–Crippen LogP) is 2.17. The highest BCUT2D eigenvalue weighted by molar-refractivity contribution is 14.0. The van der Waals surface area contributed by atoms with E-state index in [0.717, 1.165) is 38.4 Å². The maximum Gasteiger partial charge on any atom is 0.191 e. The number of rotatable bonds is 7. The number of nitrogens with one attached hydrogen (secondary N) is 2. The van der Waals surface area contributed by atoms with Crippen molar-refractivity contribution in [1.82, 2.24) is 25.4 Å². The molecule has 1 aromatic heterocycles. The van der Waals surface area contributed by atoms with Gasteiger partial charge >= 0.3 is 0 Å². The highest BCUT2D eigenvalue weighted by atomic mass is 127. The zero-order chi connectivity index (χ0) is 14.0. The molecule has 2 N–H and O–H groups in total. The molecular formula is C14H27IN6. The van der Waals surface area contributed by atoms with Crippen molar-refractivity contribution in [3.8, 4) is 0 Å². The van der Waals surface area contributed by atoms with Crippen LogP contribution in [0.1, 0.15) is 45.4 Å². The summed E-state index contributed by atoms with van der Waals surface area (Å²) in [6.45, 7) is 4.86. The third-order valence-electron chi connectivity index (χ3n) is 3.60. The van der Waals surface area contributed by atoms with Gasteiger partial charge in [0.25, 0.3) is 0 Å². The molecule has 0 bridgehead atoms. The van der Waals surface area contributed by atoms with E-state index in [0.29, 0.717) is 6.04 Å². The van der Waals surface area contributed by atoms with Gasteiger partial charge in [-0.05, 0) is 32.6 Å². The Morgan fingerprint density at radius 3 is 2.62 bits per heavy atom. The Morgan fingerprint density at radius 2 is 1.95 bits per heavy atom. The summed E-state index contributed by atoms with van der Waals surface area (Å²) in [5.74, 6) is 0.976. The fraction of sp³-hybridized carbons (Fsp3) is 0.786. The van der Waals surface area contributed by atoms with Crippen LogP contribution in [0.3, 0.4) is 0 Å². The van der Waals surface area contributed by atoms with Crippen LogP contribution in [-0.2, 0) is 6.54 Å². The van der Waals surface area contributed by atoms with E-state index in [2.05, 4.69) is 32.7 Å². The summed E-state index contributed by atoms with van der Waals surface area (Å²) in [6, 6.07) is 0.616. The number of hydrogen-bond donors (Lipinski definition) is 2. The van der Waals surface area contributed by atoms with Crippen LogP contribution in [0, 0.1) is 0 Å². The van der Waals surface area contributed by atoms with Crippen molar-refractivity contribution in [2.24, 2.45) is 4.99 Å². The Balaban J connectivity index is 0.00000220. The van der Waals surface area contributed by atoms with Gasteiger partial charge in [0.15, 0.2) is 5.96 Å². The van der Waals surface area contributed by atoms with Crippen LogP contribution in [0.4, 0.5) is 0 Å². The predicted molar refractivity (Wildman–Crippen MR) is 96.0 cm³/mol. The minimum Gasteiger partial charge on any atom is -0.357 e. The summed E-state index contributed by atoms with van der Waals surface area (Å²) in [7, 11) is 0. The van der Waals surface area contributed by atoms with Gasteiger partial charge in [-0.2, -0.15) is 0 Å². The molecule has 0 amide bonds. The highest BCUT2D eigenvalue weighted by Crippen LogP contribution is 2.17. The highest BCUT2D eigenvalue weighted by Gasteiger charge is 2.15. The lowest BCUT2D eigenvalue weighted by Crippen LogP contribution is -2.42. The molecule has 1 aliphatic rings. The summed E-state index contributed by atoms with van der Waals surface area (Å²) in [4.78, 5) is 4.65. The second-order valence-corrected chi connectivity index (χ2v) is 5.29. The zero-order valence-corrected chi connectivity index (χ0v) is 15.1. The van der Waals surface area contributed by atoms with Crippen LogP contribution in [0.15, 0.2) is 17.6 Å². The van der Waals surface area contributed by atoms with E-state index in [1.807, 2.05) is 4.57 Å². The minimum atomic E-state index is 0. The third-order valence-corrected chi connectivity index (χ3v) is 3.60. The Morgan fingerprint density at radius 1 is 1.24 bits per heavy atom. The first-order valence-electron chi connectivity index (χ1n) is 7.75. The summed E-state index contributed by atoms with van der Waals surface area (Å²) in [5, 5.41) is 14.5. The van der Waals surface area contributed by atoms with Gasteiger partial charge in [-0.25, -0.2) is 0 Å². The van der Waals surface area contributed by atoms with E-state index in [-0.39, 0.29) is 24.0 Å². The lowest BCUT2D eigenvalue weighted by molar-refractivity contribution is 0.599. The summed E-state index contributed by atoms with van der Waals surface area (Å²) < 4.78 is 2.01. The number of aromatic nitrogens is 3. The molecule has 2 rings (SSSR count). The van der Waals surface area contributed by atoms with Crippen molar-refractivity contribution in [2.75, 3.05) is 13.1 Å². The van der Waals surface area contributed by atoms with E-state index in [1.54, 1.807) is 12.7 Å². The standard InChI is InChI=1S/C14H26N6.HI/c1-2-15-14(19-13-7-3-4-8-13)16-9-5-6-10-20-11-17-18-12-20;/h11-13H,2-10H2,1H3,(H2,15,16,19);1H. The van der Waals surface area contributed by atoms with Crippen LogP contribution in [0.2, 0.25) is 0 Å². The number of halogens is 1. The summed E-state index contributed by atoms with van der Waals surface area (Å²) >= 11 is 0. The normalized spacial score (nSPS) is 15.8. The van der Waals surface area contributed by atoms with Gasteiger partial charge in [0.05, 0.1) is 0 Å². The molecule has 1 aliphatic carbocycles. The monoisotopic (exact) mass is 406 g/mol. The number of nitrogens with zero attached hydrogens (tertiary/aromatic N) is 4. The van der Waals surface area contributed by atoms with Crippen LogP contribution < -0.4 is 10.6 Å². The number of guanidine groups is 1. The molecule has 0 aromatic carbocycles. The number of aliphatic imine (C=N–C) groups is 1. The minimum absolute atomic E-state index is 0. The SMILES string of the molecule is CCNC(=NCCCCn1cnnc1)NC1CCCC1.I. The first kappa shape index (κ1) is 18.2. The van der Waals surface area contributed by atoms with Gasteiger partial charge in [0.2, 0.25) is 0 Å². The molecule has 0 radical (unpaired) electrons. The van der Waals surface area contributed by atoms with E-state index in [1.165, 1.54) is 25.7 Å². The third kappa shape index (κ3) is 7.10. The molecule has 0 atom stereocenters. The fourth-order valence-electron chi connectivity index (χ4n) is 2.52. The first-order valence-corrected chi connectivity index (χ1v) is 7.75. The molecule has 0 unspecified atom stereocenters. The quantitative estimate of drug-likeness (QED) is 0.315. The van der Waals surface area contributed by atoms with Crippen molar-refractivity contribution in [3.05, 3.63) is 12.7 Å². The lowest BCUT2D eigenvalue weighted by atomic mass is 10.2. The number of aryl methyl sites for hydroxylation is 1. The topological polar surface area (TPSA) is 67.1 Å². The molecule has 1 fully saturated rings. The molecule has 1 saturated carbocycles. The molecule has 7 heteroatoms. The fourth-order valence-corrected chi connectivity index (χ4v) is 2.52. The Kier molecular flexibility index (Phi) is 9.36. The lowest BCUT2D eigenvalue weighted by Gasteiger charge is -2.16. The Labute approximate surface area is 144 Å². The van der Waals surface area contributed by atoms with Crippen molar-refractivity contribution in [2.45, 2.75) is 58.0 Å². The molecular weight excluding hydrogens is 379 g/mol. The van der Waals surface area contributed by atoms with E-state index < -0.39 is 0 Å². The largest absolute Gasteiger partial charge is 0.357 e. The van der Waals surface area contributed by atoms with Gasteiger partial charge < -0.3 is 15.2 Å². The summed E-state index contributed by atoms with van der Waals surface area (Å²) in [5.41, 5.74) is 0. The van der Waals surface area contributed by atoms with Crippen LogP contribution >= 0.6 is 24.0 Å². The van der Waals surface area contributed by atoms with Crippen molar-refractivity contribution >= 4 is 29.9 Å². The maximum atomic E-state index is 4.65. The van der Waals surface area contributed by atoms with Crippen LogP contribution in [-0.4, -0.2) is 39.9 Å². The molecule has 120 valence electrons. The van der Waals surface area contributed by atoms with Gasteiger partial charge in [0, 0.05) is 25.7 Å². The molecule has 6 nitrogen and oxygen atoms in total. The van der Waals surface area contributed by atoms with E-state index in [4.69, 9.17) is 0 Å². The van der Waals surface area contributed by atoms with Crippen molar-refractivity contribution in [3.63, 3.8) is 0 Å². The van der Waals surface area contributed by atoms with Crippen molar-refractivity contribution < 1.29 is 0 Å². The maximum absolute atomic E-state index is 4.65. The van der Waals surface area contributed by atoms with Gasteiger partial charge in [-0.3, -0.25) is 4.99 Å². The molecule has 0 aliphatic heterocycles. The van der Waals surface area contributed by atoms with Crippen molar-refractivity contribution in [1.29, 1.82) is 0 Å². The Bertz CT molecular complexity index is 386. The average Bonchev–Trinajstić information content (AvgIpc) is 3.11. The van der Waals surface area contributed by atoms with E-state index in [9.17, 15) is 0 Å². The zero-order valence-electron chi connectivity index (χ0n) is 12.8. The first-order chi connectivity index (χ1) is 9.88. The average molecular weight is 406 g/mol. The van der Waals surface area contributed by atoms with Crippen LogP contribution in [0.5, 0.6) is 0 Å². The Hall–Kier alpha value is -0.860. The number of unbranched alkanes of at least 4 members (excludes halogenated alkanes) is 1. The second kappa shape index (κ2) is 10.8. The molecule has 0 saturated heterocycles.